The molecule has 0 unspecified atom stereocenters. The molecule has 0 aliphatic heterocycles. The lowest BCUT2D eigenvalue weighted by molar-refractivity contribution is -0.117. The zero-order valence-electron chi connectivity index (χ0n) is 11.1. The van der Waals surface area contributed by atoms with Crippen molar-refractivity contribution in [2.45, 2.75) is 19.4 Å². The van der Waals surface area contributed by atoms with Crippen molar-refractivity contribution in [3.8, 4) is 12.3 Å². The molecule has 3 amide bonds. The van der Waals surface area contributed by atoms with Gasteiger partial charge in [-0.15, -0.1) is 6.42 Å². The number of carbonyl (C=O) groups is 2. The van der Waals surface area contributed by atoms with Crippen LogP contribution in [0.4, 0.5) is 10.5 Å². The van der Waals surface area contributed by atoms with Crippen molar-refractivity contribution in [1.82, 2.24) is 10.6 Å². The van der Waals surface area contributed by atoms with Crippen LogP contribution < -0.4 is 16.0 Å². The second kappa shape index (κ2) is 6.62. The summed E-state index contributed by atoms with van der Waals surface area (Å²) in [5.74, 6) is 2.57. The van der Waals surface area contributed by atoms with Crippen molar-refractivity contribution in [3.05, 3.63) is 29.8 Å². The van der Waals surface area contributed by atoms with Gasteiger partial charge in [0.25, 0.3) is 0 Å². The second-order valence-corrected chi connectivity index (χ2v) is 4.70. The highest BCUT2D eigenvalue weighted by Crippen LogP contribution is 2.30. The van der Waals surface area contributed by atoms with Crippen LogP contribution in [0.3, 0.4) is 0 Å². The summed E-state index contributed by atoms with van der Waals surface area (Å²) >= 11 is 0. The van der Waals surface area contributed by atoms with Crippen molar-refractivity contribution in [3.63, 3.8) is 0 Å². The number of hydrogen-bond acceptors (Lipinski definition) is 2. The van der Waals surface area contributed by atoms with Crippen LogP contribution in [0.2, 0.25) is 0 Å². The summed E-state index contributed by atoms with van der Waals surface area (Å²) in [6.45, 7) is 0.576. The van der Waals surface area contributed by atoms with Crippen LogP contribution in [0.1, 0.15) is 18.4 Å². The quantitative estimate of drug-likeness (QED) is 0.710. The minimum atomic E-state index is -0.310. The summed E-state index contributed by atoms with van der Waals surface area (Å²) < 4.78 is 0. The smallest absolute Gasteiger partial charge is 0.315 e. The van der Waals surface area contributed by atoms with Gasteiger partial charge in [0.2, 0.25) is 5.91 Å². The molecule has 1 aromatic carbocycles. The third kappa shape index (κ3) is 4.32. The first kappa shape index (κ1) is 13.9. The number of benzene rings is 1. The molecule has 1 aromatic rings. The van der Waals surface area contributed by atoms with E-state index in [-0.39, 0.29) is 24.4 Å². The number of carbonyl (C=O) groups excluding carboxylic acids is 2. The predicted molar refractivity (Wildman–Crippen MR) is 76.9 cm³/mol. The minimum Gasteiger partial charge on any atom is -0.334 e. The van der Waals surface area contributed by atoms with E-state index in [0.717, 1.165) is 24.1 Å². The second-order valence-electron chi connectivity index (χ2n) is 4.70. The first-order valence-corrected chi connectivity index (χ1v) is 6.54. The van der Waals surface area contributed by atoms with E-state index in [2.05, 4.69) is 21.9 Å². The molecule has 0 spiro atoms. The van der Waals surface area contributed by atoms with Gasteiger partial charge in [-0.2, -0.15) is 0 Å². The Hall–Kier alpha value is -2.48. The van der Waals surface area contributed by atoms with Gasteiger partial charge >= 0.3 is 6.03 Å². The van der Waals surface area contributed by atoms with Crippen molar-refractivity contribution in [1.29, 1.82) is 0 Å². The largest absolute Gasteiger partial charge is 0.334 e. The summed E-state index contributed by atoms with van der Waals surface area (Å²) in [6, 6.07) is 7.10. The number of amides is 3. The summed E-state index contributed by atoms with van der Waals surface area (Å²) in [6.07, 6.45) is 7.00. The highest BCUT2D eigenvalue weighted by Gasteiger charge is 2.29. The lowest BCUT2D eigenvalue weighted by Gasteiger charge is -2.08. The summed E-state index contributed by atoms with van der Waals surface area (Å²) in [4.78, 5) is 23.0. The Morgan fingerprint density at radius 2 is 2.10 bits per heavy atom. The molecule has 1 saturated carbocycles. The zero-order chi connectivity index (χ0) is 14.4. The molecule has 0 radical (unpaired) electrons. The van der Waals surface area contributed by atoms with Crippen molar-refractivity contribution >= 4 is 17.6 Å². The standard InChI is InChI=1S/C15H17N3O2/c1-2-8-16-15(20)17-10-11-4-3-5-13(9-11)18-14(19)12-6-7-12/h1,3-5,9,12H,6-8,10H2,(H,18,19)(H2,16,17,20). The lowest BCUT2D eigenvalue weighted by Crippen LogP contribution is -2.35. The minimum absolute atomic E-state index is 0.0712. The average molecular weight is 271 g/mol. The molecule has 2 rings (SSSR count). The third-order valence-corrected chi connectivity index (χ3v) is 2.95. The molecule has 0 saturated heterocycles. The highest BCUT2D eigenvalue weighted by atomic mass is 16.2. The van der Waals surface area contributed by atoms with Gasteiger partial charge in [0, 0.05) is 18.2 Å². The Balaban J connectivity index is 1.84. The summed E-state index contributed by atoms with van der Waals surface area (Å²) in [5, 5.41) is 8.08. The Labute approximate surface area is 118 Å². The molecule has 0 bridgehead atoms. The van der Waals surface area contributed by atoms with Crippen molar-refractivity contribution in [2.75, 3.05) is 11.9 Å². The zero-order valence-corrected chi connectivity index (χ0v) is 11.1. The first-order chi connectivity index (χ1) is 9.69. The fourth-order valence-corrected chi connectivity index (χ4v) is 1.73. The molecular weight excluding hydrogens is 254 g/mol. The van der Waals surface area contributed by atoms with Gasteiger partial charge < -0.3 is 16.0 Å². The van der Waals surface area contributed by atoms with E-state index in [0.29, 0.717) is 6.54 Å². The Kier molecular flexibility index (Phi) is 4.61. The maximum Gasteiger partial charge on any atom is 0.315 e. The van der Waals surface area contributed by atoms with E-state index in [1.807, 2.05) is 24.3 Å². The van der Waals surface area contributed by atoms with Crippen LogP contribution in [0.15, 0.2) is 24.3 Å². The van der Waals surface area contributed by atoms with E-state index in [1.165, 1.54) is 0 Å². The fourth-order valence-electron chi connectivity index (χ4n) is 1.73. The SMILES string of the molecule is C#CCNC(=O)NCc1cccc(NC(=O)C2CC2)c1. The lowest BCUT2D eigenvalue weighted by atomic mass is 10.2. The highest BCUT2D eigenvalue weighted by molar-refractivity contribution is 5.94. The van der Waals surface area contributed by atoms with Crippen LogP contribution in [0.5, 0.6) is 0 Å². The van der Waals surface area contributed by atoms with Gasteiger partial charge in [0.1, 0.15) is 0 Å². The average Bonchev–Trinajstić information content (AvgIpc) is 3.28. The molecule has 5 heteroatoms. The molecule has 3 N–H and O–H groups in total. The van der Waals surface area contributed by atoms with E-state index >= 15 is 0 Å². The van der Waals surface area contributed by atoms with Gasteiger partial charge in [-0.1, -0.05) is 18.1 Å². The number of rotatable bonds is 5. The van der Waals surface area contributed by atoms with Crippen molar-refractivity contribution in [2.24, 2.45) is 5.92 Å². The van der Waals surface area contributed by atoms with Crippen LogP contribution in [-0.4, -0.2) is 18.5 Å². The molecule has 1 aliphatic carbocycles. The maximum atomic E-state index is 11.7. The summed E-state index contributed by atoms with van der Waals surface area (Å²) in [7, 11) is 0. The number of nitrogens with one attached hydrogen (secondary N) is 3. The monoisotopic (exact) mass is 271 g/mol. The first-order valence-electron chi connectivity index (χ1n) is 6.54. The molecule has 1 fully saturated rings. The number of urea groups is 1. The predicted octanol–water partition coefficient (Wildman–Crippen LogP) is 1.47. The van der Waals surface area contributed by atoms with E-state index in [9.17, 15) is 9.59 Å². The number of hydrogen-bond donors (Lipinski definition) is 3. The van der Waals surface area contributed by atoms with Gasteiger partial charge in [0.15, 0.2) is 0 Å². The Morgan fingerprint density at radius 1 is 1.30 bits per heavy atom. The van der Waals surface area contributed by atoms with Gasteiger partial charge in [0.05, 0.1) is 6.54 Å². The molecule has 1 aliphatic rings. The molecule has 104 valence electrons. The van der Waals surface area contributed by atoms with Crippen LogP contribution >= 0.6 is 0 Å². The topological polar surface area (TPSA) is 70.2 Å². The number of terminal acetylenes is 1. The number of anilines is 1. The van der Waals surface area contributed by atoms with Crippen molar-refractivity contribution < 1.29 is 9.59 Å². The van der Waals surface area contributed by atoms with E-state index in [4.69, 9.17) is 6.42 Å². The normalized spacial score (nSPS) is 13.2. The molecular formula is C15H17N3O2. The molecule has 0 atom stereocenters. The van der Waals surface area contributed by atoms with E-state index < -0.39 is 0 Å². The van der Waals surface area contributed by atoms with Gasteiger partial charge in [-0.25, -0.2) is 4.79 Å². The third-order valence-electron chi connectivity index (χ3n) is 2.95. The van der Waals surface area contributed by atoms with Gasteiger partial charge in [-0.3, -0.25) is 4.79 Å². The van der Waals surface area contributed by atoms with Crippen LogP contribution in [0, 0.1) is 18.3 Å². The maximum absolute atomic E-state index is 11.7. The van der Waals surface area contributed by atoms with Gasteiger partial charge in [-0.05, 0) is 30.5 Å². The van der Waals surface area contributed by atoms with Crippen LogP contribution in [-0.2, 0) is 11.3 Å². The Morgan fingerprint density at radius 3 is 2.80 bits per heavy atom. The van der Waals surface area contributed by atoms with Crippen LogP contribution in [0.25, 0.3) is 0 Å². The van der Waals surface area contributed by atoms with E-state index in [1.54, 1.807) is 0 Å². The molecule has 0 aromatic heterocycles. The fraction of sp³-hybridized carbons (Fsp3) is 0.333. The molecule has 5 nitrogen and oxygen atoms in total. The Bertz CT molecular complexity index is 544. The molecule has 20 heavy (non-hydrogen) atoms. The molecule has 0 heterocycles. The summed E-state index contributed by atoms with van der Waals surface area (Å²) in [5.41, 5.74) is 1.67.